The monoisotopic (exact) mass is 219 g/mol. The number of rotatable bonds is 3. The van der Waals surface area contributed by atoms with Gasteiger partial charge in [-0.1, -0.05) is 0 Å². The molecule has 1 unspecified atom stereocenters. The Morgan fingerprint density at radius 1 is 1.64 bits per heavy atom. The molecule has 1 heterocycles. The van der Waals surface area contributed by atoms with E-state index in [9.17, 15) is 8.42 Å². The summed E-state index contributed by atoms with van der Waals surface area (Å²) in [5, 5.41) is 7.09. The van der Waals surface area contributed by atoms with Crippen molar-refractivity contribution in [1.82, 2.24) is 4.90 Å². The Kier molecular flexibility index (Phi) is 3.49. The Balaban J connectivity index is 2.46. The highest BCUT2D eigenvalue weighted by Gasteiger charge is 2.27. The van der Waals surface area contributed by atoms with Gasteiger partial charge in [-0.05, 0) is 6.92 Å². The minimum Gasteiger partial charge on any atom is -0.388 e. The van der Waals surface area contributed by atoms with Crippen LogP contribution in [0.3, 0.4) is 0 Å². The number of amidine groups is 1. The second-order valence-electron chi connectivity index (χ2n) is 3.77. The number of hydrogen-bond acceptors (Lipinski definition) is 4. The Labute approximate surface area is 84.7 Å². The molecule has 1 atom stereocenters. The van der Waals surface area contributed by atoms with Crippen LogP contribution in [0.5, 0.6) is 0 Å². The van der Waals surface area contributed by atoms with Gasteiger partial charge in [-0.25, -0.2) is 8.42 Å². The second kappa shape index (κ2) is 4.27. The second-order valence-corrected chi connectivity index (χ2v) is 6.00. The fourth-order valence-electron chi connectivity index (χ4n) is 1.63. The molecule has 0 aromatic heterocycles. The van der Waals surface area contributed by atoms with E-state index >= 15 is 0 Å². The first kappa shape index (κ1) is 11.5. The smallest absolute Gasteiger partial charge is 0.153 e. The number of nitrogens with two attached hydrogens (primary N) is 1. The molecule has 3 N–H and O–H groups in total. The highest BCUT2D eigenvalue weighted by atomic mass is 32.2. The van der Waals surface area contributed by atoms with E-state index < -0.39 is 9.84 Å². The molecule has 0 saturated carbocycles. The quantitative estimate of drug-likeness (QED) is 0.491. The van der Waals surface area contributed by atoms with E-state index in [1.54, 1.807) is 0 Å². The number of nitrogens with one attached hydrogen (secondary N) is 1. The van der Waals surface area contributed by atoms with Crippen molar-refractivity contribution < 1.29 is 8.42 Å². The Morgan fingerprint density at radius 2 is 2.29 bits per heavy atom. The van der Waals surface area contributed by atoms with Crippen LogP contribution in [-0.2, 0) is 9.84 Å². The summed E-state index contributed by atoms with van der Waals surface area (Å²) in [6.45, 7) is 3.15. The lowest BCUT2D eigenvalue weighted by molar-refractivity contribution is 0.233. The van der Waals surface area contributed by atoms with Crippen LogP contribution in [0.2, 0.25) is 0 Å². The van der Waals surface area contributed by atoms with Gasteiger partial charge in [0, 0.05) is 25.6 Å². The van der Waals surface area contributed by atoms with Crippen LogP contribution >= 0.6 is 0 Å². The van der Waals surface area contributed by atoms with Gasteiger partial charge in [-0.3, -0.25) is 10.3 Å². The fourth-order valence-corrected chi connectivity index (χ4v) is 3.25. The first-order valence-electron chi connectivity index (χ1n) is 4.68. The van der Waals surface area contributed by atoms with Gasteiger partial charge < -0.3 is 5.73 Å². The Hall–Kier alpha value is -0.620. The molecule has 82 valence electrons. The van der Waals surface area contributed by atoms with Gasteiger partial charge in [-0.15, -0.1) is 0 Å². The van der Waals surface area contributed by atoms with Gasteiger partial charge in [0.2, 0.25) is 0 Å². The van der Waals surface area contributed by atoms with Gasteiger partial charge in [0.05, 0.1) is 17.3 Å². The molecular weight excluding hydrogens is 202 g/mol. The van der Waals surface area contributed by atoms with Gasteiger partial charge >= 0.3 is 0 Å². The normalized spacial score (nSPS) is 27.4. The van der Waals surface area contributed by atoms with Crippen LogP contribution in [0.15, 0.2) is 0 Å². The standard InChI is InChI=1S/C8H17N3O2S/c1-7-6-14(12,13)5-4-11(7)3-2-8(9)10/h7H,2-6H2,1H3,(H3,9,10). The van der Waals surface area contributed by atoms with Crippen molar-refractivity contribution in [1.29, 1.82) is 5.41 Å². The van der Waals surface area contributed by atoms with Crippen molar-refractivity contribution >= 4 is 15.7 Å². The van der Waals surface area contributed by atoms with Crippen molar-refractivity contribution in [3.63, 3.8) is 0 Å². The van der Waals surface area contributed by atoms with E-state index in [1.807, 2.05) is 6.92 Å². The summed E-state index contributed by atoms with van der Waals surface area (Å²) in [7, 11) is -2.83. The van der Waals surface area contributed by atoms with Crippen LogP contribution in [0.1, 0.15) is 13.3 Å². The molecule has 0 aliphatic carbocycles. The molecule has 0 aromatic carbocycles. The van der Waals surface area contributed by atoms with Crippen molar-refractivity contribution in [2.24, 2.45) is 5.73 Å². The predicted molar refractivity (Wildman–Crippen MR) is 56.2 cm³/mol. The molecular formula is C8H17N3O2S. The molecule has 0 spiro atoms. The maximum Gasteiger partial charge on any atom is 0.153 e. The summed E-state index contributed by atoms with van der Waals surface area (Å²) >= 11 is 0. The third-order valence-electron chi connectivity index (χ3n) is 2.48. The predicted octanol–water partition coefficient (Wildman–Crippen LogP) is -0.569. The molecule has 0 amide bonds. The third kappa shape index (κ3) is 3.26. The molecule has 14 heavy (non-hydrogen) atoms. The molecule has 1 saturated heterocycles. The van der Waals surface area contributed by atoms with Crippen molar-refractivity contribution in [3.05, 3.63) is 0 Å². The fraction of sp³-hybridized carbons (Fsp3) is 0.875. The molecule has 0 bridgehead atoms. The van der Waals surface area contributed by atoms with Crippen LogP contribution < -0.4 is 5.73 Å². The van der Waals surface area contributed by atoms with Gasteiger partial charge in [0.15, 0.2) is 9.84 Å². The lowest BCUT2D eigenvalue weighted by atomic mass is 10.2. The number of sulfone groups is 1. The molecule has 0 radical (unpaired) electrons. The first-order valence-corrected chi connectivity index (χ1v) is 6.50. The zero-order valence-electron chi connectivity index (χ0n) is 8.36. The molecule has 0 aromatic rings. The van der Waals surface area contributed by atoms with Crippen molar-refractivity contribution in [2.45, 2.75) is 19.4 Å². The Bertz CT molecular complexity index is 313. The SMILES string of the molecule is CC1CS(=O)(=O)CCN1CCC(=N)N. The van der Waals surface area contributed by atoms with E-state index in [4.69, 9.17) is 11.1 Å². The summed E-state index contributed by atoms with van der Waals surface area (Å²) in [5.74, 6) is 0.616. The van der Waals surface area contributed by atoms with E-state index in [0.717, 1.165) is 0 Å². The van der Waals surface area contributed by atoms with Crippen LogP contribution in [0.25, 0.3) is 0 Å². The van der Waals surface area contributed by atoms with Crippen molar-refractivity contribution in [2.75, 3.05) is 24.6 Å². The summed E-state index contributed by atoms with van der Waals surface area (Å²) < 4.78 is 22.5. The highest BCUT2D eigenvalue weighted by Crippen LogP contribution is 2.11. The van der Waals surface area contributed by atoms with E-state index in [-0.39, 0.29) is 23.4 Å². The summed E-state index contributed by atoms with van der Waals surface area (Å²) in [6.07, 6.45) is 0.518. The first-order chi connectivity index (χ1) is 6.41. The topological polar surface area (TPSA) is 87.2 Å². The largest absolute Gasteiger partial charge is 0.388 e. The zero-order chi connectivity index (χ0) is 10.8. The zero-order valence-corrected chi connectivity index (χ0v) is 9.18. The third-order valence-corrected chi connectivity index (χ3v) is 4.27. The van der Waals surface area contributed by atoms with Crippen molar-refractivity contribution in [3.8, 4) is 0 Å². The van der Waals surface area contributed by atoms with Gasteiger partial charge in [0.25, 0.3) is 0 Å². The Morgan fingerprint density at radius 3 is 2.79 bits per heavy atom. The summed E-state index contributed by atoms with van der Waals surface area (Å²) in [4.78, 5) is 2.07. The van der Waals surface area contributed by atoms with E-state index in [1.165, 1.54) is 0 Å². The van der Waals surface area contributed by atoms with Crippen LogP contribution in [-0.4, -0.2) is 49.8 Å². The maximum absolute atomic E-state index is 11.3. The molecule has 1 aliphatic heterocycles. The molecule has 6 heteroatoms. The lowest BCUT2D eigenvalue weighted by Gasteiger charge is -2.32. The summed E-state index contributed by atoms with van der Waals surface area (Å²) in [6, 6.07) is 0.0492. The minimum atomic E-state index is -2.83. The highest BCUT2D eigenvalue weighted by molar-refractivity contribution is 7.91. The van der Waals surface area contributed by atoms with E-state index in [0.29, 0.717) is 19.5 Å². The lowest BCUT2D eigenvalue weighted by Crippen LogP contribution is -2.47. The number of hydrogen-bond donors (Lipinski definition) is 2. The van der Waals surface area contributed by atoms with Crippen LogP contribution in [0, 0.1) is 5.41 Å². The van der Waals surface area contributed by atoms with E-state index in [2.05, 4.69) is 4.90 Å². The number of nitrogens with zero attached hydrogens (tertiary/aromatic N) is 1. The van der Waals surface area contributed by atoms with Crippen LogP contribution in [0.4, 0.5) is 0 Å². The average molecular weight is 219 g/mol. The molecule has 1 rings (SSSR count). The molecule has 5 nitrogen and oxygen atoms in total. The van der Waals surface area contributed by atoms with Gasteiger partial charge in [0.1, 0.15) is 0 Å². The molecule has 1 fully saturated rings. The van der Waals surface area contributed by atoms with Gasteiger partial charge in [-0.2, -0.15) is 0 Å². The summed E-state index contributed by atoms with van der Waals surface area (Å²) in [5.41, 5.74) is 5.25. The molecule has 1 aliphatic rings. The minimum absolute atomic E-state index is 0.0492. The maximum atomic E-state index is 11.3. The average Bonchev–Trinajstić information content (AvgIpc) is 2.00.